The van der Waals surface area contributed by atoms with E-state index in [2.05, 4.69) is 20.4 Å². The first-order valence-corrected chi connectivity index (χ1v) is 10.0. The zero-order valence-electron chi connectivity index (χ0n) is 17.9. The third-order valence-corrected chi connectivity index (χ3v) is 5.35. The smallest absolute Gasteiger partial charge is 0.253 e. The molecule has 156 valence electrons. The molecule has 1 amide bonds. The predicted molar refractivity (Wildman–Crippen MR) is 119 cm³/mol. The molecule has 2 heterocycles. The molecule has 1 N–H and O–H groups in total. The van der Waals surface area contributed by atoms with Gasteiger partial charge in [-0.15, -0.1) is 5.10 Å². The van der Waals surface area contributed by atoms with Crippen LogP contribution < -0.4 is 5.32 Å². The van der Waals surface area contributed by atoms with Crippen molar-refractivity contribution in [2.45, 2.75) is 34.1 Å². The first-order valence-electron chi connectivity index (χ1n) is 10.0. The molecule has 0 aliphatic heterocycles. The Bertz CT molecular complexity index is 1310. The zero-order valence-corrected chi connectivity index (χ0v) is 17.9. The average Bonchev–Trinajstić information content (AvgIpc) is 3.15. The van der Waals surface area contributed by atoms with Crippen molar-refractivity contribution in [3.05, 3.63) is 76.6 Å². The number of amides is 1. The van der Waals surface area contributed by atoms with E-state index in [1.165, 1.54) is 6.92 Å². The van der Waals surface area contributed by atoms with Gasteiger partial charge in [0.05, 0.1) is 6.42 Å². The quantitative estimate of drug-likeness (QED) is 0.498. The Morgan fingerprint density at radius 1 is 0.968 bits per heavy atom. The molecule has 31 heavy (non-hydrogen) atoms. The van der Waals surface area contributed by atoms with E-state index < -0.39 is 0 Å². The van der Waals surface area contributed by atoms with E-state index in [4.69, 9.17) is 0 Å². The normalized spacial score (nSPS) is 11.0. The molecule has 7 heteroatoms. The lowest BCUT2D eigenvalue weighted by Gasteiger charge is -2.11. The van der Waals surface area contributed by atoms with Crippen LogP contribution in [0.3, 0.4) is 0 Å². The van der Waals surface area contributed by atoms with Crippen molar-refractivity contribution in [2.75, 3.05) is 5.32 Å². The summed E-state index contributed by atoms with van der Waals surface area (Å²) < 4.78 is 1.69. The number of aromatic nitrogens is 4. The molecule has 0 bridgehead atoms. The number of nitrogens with zero attached hydrogens (tertiary/aromatic N) is 4. The molecule has 0 saturated heterocycles. The topological polar surface area (TPSA) is 89.2 Å². The Morgan fingerprint density at radius 3 is 2.35 bits per heavy atom. The minimum absolute atomic E-state index is 0.0126. The third kappa shape index (κ3) is 4.07. The number of hydrogen-bond acceptors (Lipinski definition) is 5. The van der Waals surface area contributed by atoms with Gasteiger partial charge in [0.2, 0.25) is 5.91 Å². The minimum Gasteiger partial charge on any atom is -0.326 e. The van der Waals surface area contributed by atoms with Crippen molar-refractivity contribution < 1.29 is 9.59 Å². The summed E-state index contributed by atoms with van der Waals surface area (Å²) >= 11 is 0. The summed E-state index contributed by atoms with van der Waals surface area (Å²) in [6.07, 6.45) is 0.161. The molecule has 0 atom stereocenters. The summed E-state index contributed by atoms with van der Waals surface area (Å²) in [6.45, 7) is 7.32. The summed E-state index contributed by atoms with van der Waals surface area (Å²) in [5.74, 6) is 0.945. The molecule has 0 spiro atoms. The van der Waals surface area contributed by atoms with Gasteiger partial charge in [0, 0.05) is 33.8 Å². The second-order valence-corrected chi connectivity index (χ2v) is 7.58. The van der Waals surface area contributed by atoms with E-state index in [1.807, 2.05) is 45.0 Å². The van der Waals surface area contributed by atoms with E-state index in [9.17, 15) is 9.59 Å². The van der Waals surface area contributed by atoms with Crippen LogP contribution in [0, 0.1) is 20.8 Å². The molecule has 0 radical (unpaired) electrons. The lowest BCUT2D eigenvalue weighted by molar-refractivity contribution is -0.115. The first-order chi connectivity index (χ1) is 14.8. The maximum absolute atomic E-state index is 12.7. The highest BCUT2D eigenvalue weighted by Crippen LogP contribution is 2.22. The third-order valence-electron chi connectivity index (χ3n) is 5.35. The number of aryl methyl sites for hydroxylation is 3. The lowest BCUT2D eigenvalue weighted by Crippen LogP contribution is -2.17. The molecule has 4 aromatic rings. The van der Waals surface area contributed by atoms with Crippen LogP contribution in [0.2, 0.25) is 0 Å². The van der Waals surface area contributed by atoms with Gasteiger partial charge in [-0.2, -0.15) is 4.98 Å². The minimum atomic E-state index is -0.165. The summed E-state index contributed by atoms with van der Waals surface area (Å²) in [4.78, 5) is 33.2. The summed E-state index contributed by atoms with van der Waals surface area (Å²) in [6, 6.07) is 14.8. The number of nitrogens with one attached hydrogen (secondary N) is 1. The number of carbonyl (C=O) groups excluding carboxylic acids is 2. The van der Waals surface area contributed by atoms with Crippen molar-refractivity contribution in [3.8, 4) is 11.4 Å². The van der Waals surface area contributed by atoms with Gasteiger partial charge in [0.1, 0.15) is 0 Å². The number of hydrogen-bond donors (Lipinski definition) is 1. The lowest BCUT2D eigenvalue weighted by atomic mass is 10.1. The molecule has 7 nitrogen and oxygen atoms in total. The molecule has 0 fully saturated rings. The highest BCUT2D eigenvalue weighted by molar-refractivity contribution is 5.96. The SMILES string of the molecule is CC(=O)c1ccc(NC(=O)Cc2c(C)nc3nc(-c4ccccc4C)nn3c2C)cc1. The van der Waals surface area contributed by atoms with Crippen LogP contribution >= 0.6 is 0 Å². The zero-order chi connectivity index (χ0) is 22.1. The number of anilines is 1. The van der Waals surface area contributed by atoms with Gasteiger partial charge in [-0.1, -0.05) is 24.3 Å². The highest BCUT2D eigenvalue weighted by atomic mass is 16.1. The largest absolute Gasteiger partial charge is 0.326 e. The maximum Gasteiger partial charge on any atom is 0.253 e. The standard InChI is InChI=1S/C24H23N5O2/c1-14-7-5-6-8-20(14)23-27-24-25-15(2)21(16(3)29(24)28-23)13-22(31)26-19-11-9-18(10-12-19)17(4)30/h5-12H,13H2,1-4H3,(H,26,31). The maximum atomic E-state index is 12.7. The fourth-order valence-electron chi connectivity index (χ4n) is 3.56. The number of carbonyl (C=O) groups is 2. The van der Waals surface area contributed by atoms with E-state index in [0.29, 0.717) is 22.9 Å². The fourth-order valence-corrected chi connectivity index (χ4v) is 3.56. The van der Waals surface area contributed by atoms with Crippen LogP contribution in [0.4, 0.5) is 5.69 Å². The fraction of sp³-hybridized carbons (Fsp3) is 0.208. The van der Waals surface area contributed by atoms with E-state index in [1.54, 1.807) is 28.8 Å². The van der Waals surface area contributed by atoms with E-state index >= 15 is 0 Å². The van der Waals surface area contributed by atoms with Crippen LogP contribution in [-0.4, -0.2) is 31.3 Å². The second kappa shape index (κ2) is 8.10. The Hall–Kier alpha value is -3.87. The Morgan fingerprint density at radius 2 is 1.68 bits per heavy atom. The van der Waals surface area contributed by atoms with Crippen molar-refractivity contribution in [3.63, 3.8) is 0 Å². The number of benzene rings is 2. The van der Waals surface area contributed by atoms with Gasteiger partial charge in [-0.05, 0) is 57.5 Å². The molecule has 2 aromatic carbocycles. The van der Waals surface area contributed by atoms with Crippen molar-refractivity contribution in [1.82, 2.24) is 19.6 Å². The van der Waals surface area contributed by atoms with Crippen LogP contribution in [-0.2, 0) is 11.2 Å². The van der Waals surface area contributed by atoms with Crippen molar-refractivity contribution in [1.29, 1.82) is 0 Å². The van der Waals surface area contributed by atoms with Gasteiger partial charge < -0.3 is 5.32 Å². The molecule has 0 saturated carbocycles. The molecule has 2 aromatic heterocycles. The number of Topliss-reactive ketones (excluding diaryl/α,β-unsaturated/α-hetero) is 1. The summed E-state index contributed by atoms with van der Waals surface area (Å²) in [5, 5.41) is 7.52. The summed E-state index contributed by atoms with van der Waals surface area (Å²) in [7, 11) is 0. The van der Waals surface area contributed by atoms with E-state index in [-0.39, 0.29) is 18.1 Å². The molecule has 0 unspecified atom stereocenters. The number of fused-ring (bicyclic) bond motifs is 1. The second-order valence-electron chi connectivity index (χ2n) is 7.58. The van der Waals surface area contributed by atoms with Crippen LogP contribution in [0.15, 0.2) is 48.5 Å². The highest BCUT2D eigenvalue weighted by Gasteiger charge is 2.17. The Kier molecular flexibility index (Phi) is 5.33. The summed E-state index contributed by atoms with van der Waals surface area (Å²) in [5.41, 5.74) is 5.68. The molecule has 0 aliphatic rings. The van der Waals surface area contributed by atoms with Crippen molar-refractivity contribution >= 4 is 23.2 Å². The van der Waals surface area contributed by atoms with Gasteiger partial charge in [0.15, 0.2) is 11.6 Å². The number of rotatable bonds is 5. The van der Waals surface area contributed by atoms with Crippen LogP contribution in [0.1, 0.15) is 39.8 Å². The van der Waals surface area contributed by atoms with Crippen LogP contribution in [0.5, 0.6) is 0 Å². The van der Waals surface area contributed by atoms with E-state index in [0.717, 1.165) is 28.1 Å². The Balaban J connectivity index is 1.61. The van der Waals surface area contributed by atoms with Gasteiger partial charge >= 0.3 is 0 Å². The molecular formula is C24H23N5O2. The van der Waals surface area contributed by atoms with Gasteiger partial charge in [-0.25, -0.2) is 9.50 Å². The number of ketones is 1. The van der Waals surface area contributed by atoms with Crippen molar-refractivity contribution in [2.24, 2.45) is 0 Å². The monoisotopic (exact) mass is 413 g/mol. The van der Waals surface area contributed by atoms with Gasteiger partial charge in [-0.3, -0.25) is 9.59 Å². The molecule has 0 aliphatic carbocycles. The molecular weight excluding hydrogens is 390 g/mol. The van der Waals surface area contributed by atoms with Gasteiger partial charge in [0.25, 0.3) is 5.78 Å². The first kappa shape index (κ1) is 20.4. The van der Waals surface area contributed by atoms with Crippen LogP contribution in [0.25, 0.3) is 17.2 Å². The average molecular weight is 413 g/mol. The Labute approximate surface area is 180 Å². The predicted octanol–water partition coefficient (Wildman–Crippen LogP) is 4.10. The molecule has 4 rings (SSSR count).